The van der Waals surface area contributed by atoms with Crippen molar-refractivity contribution in [3.63, 3.8) is 0 Å². The Hall–Kier alpha value is -2.71. The van der Waals surface area contributed by atoms with Crippen LogP contribution in [0.5, 0.6) is 0 Å². The van der Waals surface area contributed by atoms with E-state index in [-0.39, 0.29) is 28.7 Å². The van der Waals surface area contributed by atoms with E-state index in [9.17, 15) is 18.0 Å². The predicted octanol–water partition coefficient (Wildman–Crippen LogP) is 2.94. The summed E-state index contributed by atoms with van der Waals surface area (Å²) in [5.74, 6) is -0.00784. The van der Waals surface area contributed by atoms with E-state index in [0.29, 0.717) is 38.8 Å². The van der Waals surface area contributed by atoms with Gasteiger partial charge in [0.05, 0.1) is 4.90 Å². The second kappa shape index (κ2) is 9.83. The SMILES string of the molecule is O=C(Nc1ccccc1)C1CCN(C(=O)CCc2ccc(S(=O)(=O)NC3CC3)cc2)CC1. The second-order valence-corrected chi connectivity index (χ2v) is 10.3. The van der Waals surface area contributed by atoms with Gasteiger partial charge >= 0.3 is 0 Å². The molecule has 7 nitrogen and oxygen atoms in total. The largest absolute Gasteiger partial charge is 0.343 e. The highest BCUT2D eigenvalue weighted by Gasteiger charge is 2.28. The number of nitrogens with one attached hydrogen (secondary N) is 2. The first-order valence-electron chi connectivity index (χ1n) is 11.2. The lowest BCUT2D eigenvalue weighted by atomic mass is 9.95. The minimum atomic E-state index is -3.45. The zero-order valence-corrected chi connectivity index (χ0v) is 18.8. The third-order valence-electron chi connectivity index (χ3n) is 6.02. The molecule has 0 radical (unpaired) electrons. The van der Waals surface area contributed by atoms with E-state index in [1.165, 1.54) is 0 Å². The summed E-state index contributed by atoms with van der Waals surface area (Å²) in [4.78, 5) is 27.1. The van der Waals surface area contributed by atoms with Gasteiger partial charge in [0.1, 0.15) is 0 Å². The van der Waals surface area contributed by atoms with Crippen molar-refractivity contribution in [3.05, 3.63) is 60.2 Å². The van der Waals surface area contributed by atoms with Crippen molar-refractivity contribution in [2.75, 3.05) is 18.4 Å². The summed E-state index contributed by atoms with van der Waals surface area (Å²) in [7, 11) is -3.45. The Labute approximate surface area is 189 Å². The molecule has 1 aliphatic carbocycles. The molecule has 0 aromatic heterocycles. The number of hydrogen-bond acceptors (Lipinski definition) is 4. The topological polar surface area (TPSA) is 95.6 Å². The molecule has 2 aromatic rings. The molecule has 1 heterocycles. The molecule has 0 atom stereocenters. The Kier molecular flexibility index (Phi) is 6.91. The van der Waals surface area contributed by atoms with Crippen LogP contribution in [0.15, 0.2) is 59.5 Å². The molecule has 2 amide bonds. The van der Waals surface area contributed by atoms with Crippen LogP contribution in [-0.2, 0) is 26.0 Å². The highest BCUT2D eigenvalue weighted by atomic mass is 32.2. The van der Waals surface area contributed by atoms with Crippen LogP contribution in [0.25, 0.3) is 0 Å². The number of carbonyl (C=O) groups excluding carboxylic acids is 2. The van der Waals surface area contributed by atoms with Crippen LogP contribution in [0.3, 0.4) is 0 Å². The number of amides is 2. The Morgan fingerprint density at radius 1 is 0.906 bits per heavy atom. The Morgan fingerprint density at radius 3 is 2.19 bits per heavy atom. The molecule has 1 aliphatic heterocycles. The van der Waals surface area contributed by atoms with Gasteiger partial charge in [-0.05, 0) is 61.9 Å². The summed E-state index contributed by atoms with van der Waals surface area (Å²) in [6, 6.07) is 16.2. The molecule has 1 saturated heterocycles. The van der Waals surface area contributed by atoms with Crippen LogP contribution < -0.4 is 10.0 Å². The van der Waals surface area contributed by atoms with E-state index in [1.54, 1.807) is 24.3 Å². The molecule has 1 saturated carbocycles. The van der Waals surface area contributed by atoms with Gasteiger partial charge in [-0.2, -0.15) is 0 Å². The number of aryl methyl sites for hydroxylation is 1. The summed E-state index contributed by atoms with van der Waals surface area (Å²) in [6.07, 6.45) is 4.04. The third kappa shape index (κ3) is 5.95. The van der Waals surface area contributed by atoms with Gasteiger partial charge < -0.3 is 10.2 Å². The number of sulfonamides is 1. The molecule has 0 bridgehead atoms. The van der Waals surface area contributed by atoms with E-state index in [4.69, 9.17) is 0 Å². The number of hydrogen-bond donors (Lipinski definition) is 2. The van der Waals surface area contributed by atoms with Gasteiger partial charge in [0, 0.05) is 37.2 Å². The van der Waals surface area contributed by atoms with Gasteiger partial charge in [0.15, 0.2) is 0 Å². The van der Waals surface area contributed by atoms with E-state index < -0.39 is 10.0 Å². The summed E-state index contributed by atoms with van der Waals surface area (Å²) >= 11 is 0. The molecule has 32 heavy (non-hydrogen) atoms. The summed E-state index contributed by atoms with van der Waals surface area (Å²) in [5.41, 5.74) is 1.72. The fourth-order valence-corrected chi connectivity index (χ4v) is 5.20. The zero-order valence-electron chi connectivity index (χ0n) is 18.0. The zero-order chi connectivity index (χ0) is 22.6. The lowest BCUT2D eigenvalue weighted by Crippen LogP contribution is -2.41. The lowest BCUT2D eigenvalue weighted by Gasteiger charge is -2.31. The summed E-state index contributed by atoms with van der Waals surface area (Å²) in [5, 5.41) is 2.94. The van der Waals surface area contributed by atoms with E-state index >= 15 is 0 Å². The molecule has 2 aliphatic rings. The van der Waals surface area contributed by atoms with Crippen LogP contribution >= 0.6 is 0 Å². The fraction of sp³-hybridized carbons (Fsp3) is 0.417. The average Bonchev–Trinajstić information content (AvgIpc) is 3.62. The molecule has 8 heteroatoms. The first-order chi connectivity index (χ1) is 15.4. The fourth-order valence-electron chi connectivity index (χ4n) is 3.89. The molecule has 170 valence electrons. The van der Waals surface area contributed by atoms with Gasteiger partial charge in [0.25, 0.3) is 0 Å². The van der Waals surface area contributed by atoms with Crippen molar-refractivity contribution in [2.45, 2.75) is 49.5 Å². The van der Waals surface area contributed by atoms with Gasteiger partial charge in [-0.3, -0.25) is 9.59 Å². The first-order valence-corrected chi connectivity index (χ1v) is 12.6. The van der Waals surface area contributed by atoms with Gasteiger partial charge in [-0.1, -0.05) is 30.3 Å². The number of para-hydroxylation sites is 1. The van der Waals surface area contributed by atoms with Gasteiger partial charge in [-0.25, -0.2) is 13.1 Å². The number of benzene rings is 2. The third-order valence-corrected chi connectivity index (χ3v) is 7.56. The van der Waals surface area contributed by atoms with Crippen molar-refractivity contribution >= 4 is 27.5 Å². The minimum Gasteiger partial charge on any atom is -0.343 e. The molecule has 0 spiro atoms. The monoisotopic (exact) mass is 455 g/mol. The molecule has 2 aromatic carbocycles. The number of piperidine rings is 1. The molecule has 4 rings (SSSR count). The standard InChI is InChI=1S/C24H29N3O4S/c28-23(13-8-18-6-11-22(12-7-18)32(30,31)26-21-9-10-21)27-16-14-19(15-17-27)24(29)25-20-4-2-1-3-5-20/h1-7,11-12,19,21,26H,8-10,13-17H2,(H,25,29). The normalized spacial score (nSPS) is 17.2. The molecule has 2 N–H and O–H groups in total. The Morgan fingerprint density at radius 2 is 1.56 bits per heavy atom. The lowest BCUT2D eigenvalue weighted by molar-refractivity contribution is -0.134. The Balaban J connectivity index is 1.21. The van der Waals surface area contributed by atoms with Gasteiger partial charge in [-0.15, -0.1) is 0 Å². The summed E-state index contributed by atoms with van der Waals surface area (Å²) < 4.78 is 27.2. The van der Waals surface area contributed by atoms with Crippen molar-refractivity contribution in [2.24, 2.45) is 5.92 Å². The van der Waals surface area contributed by atoms with E-state index in [0.717, 1.165) is 24.1 Å². The van der Waals surface area contributed by atoms with Crippen molar-refractivity contribution in [1.82, 2.24) is 9.62 Å². The smallest absolute Gasteiger partial charge is 0.240 e. The number of nitrogens with zero attached hydrogens (tertiary/aromatic N) is 1. The average molecular weight is 456 g/mol. The molecule has 0 unspecified atom stereocenters. The quantitative estimate of drug-likeness (QED) is 0.640. The maximum Gasteiger partial charge on any atom is 0.240 e. The highest BCUT2D eigenvalue weighted by Crippen LogP contribution is 2.23. The second-order valence-electron chi connectivity index (χ2n) is 8.55. The van der Waals surface area contributed by atoms with Crippen LogP contribution in [0, 0.1) is 5.92 Å². The maximum atomic E-state index is 12.6. The number of anilines is 1. The molecule has 2 fully saturated rings. The summed E-state index contributed by atoms with van der Waals surface area (Å²) in [6.45, 7) is 1.16. The molecular formula is C24H29N3O4S. The maximum absolute atomic E-state index is 12.6. The number of likely N-dealkylation sites (tertiary alicyclic amines) is 1. The first kappa shape index (κ1) is 22.5. The van der Waals surface area contributed by atoms with Crippen LogP contribution in [0.4, 0.5) is 5.69 Å². The molecular weight excluding hydrogens is 426 g/mol. The van der Waals surface area contributed by atoms with Gasteiger partial charge in [0.2, 0.25) is 21.8 Å². The van der Waals surface area contributed by atoms with Crippen LogP contribution in [0.1, 0.15) is 37.7 Å². The number of carbonyl (C=O) groups is 2. The van der Waals surface area contributed by atoms with E-state index in [1.807, 2.05) is 35.2 Å². The van der Waals surface area contributed by atoms with Crippen LogP contribution in [0.2, 0.25) is 0 Å². The van der Waals surface area contributed by atoms with Crippen molar-refractivity contribution in [3.8, 4) is 0 Å². The van der Waals surface area contributed by atoms with Crippen LogP contribution in [-0.4, -0.2) is 44.3 Å². The predicted molar refractivity (Wildman–Crippen MR) is 122 cm³/mol. The van der Waals surface area contributed by atoms with E-state index in [2.05, 4.69) is 10.0 Å². The minimum absolute atomic E-state index is 0.00881. The Bertz CT molecular complexity index is 1040. The van der Waals surface area contributed by atoms with Crippen molar-refractivity contribution < 1.29 is 18.0 Å². The number of rotatable bonds is 8. The highest BCUT2D eigenvalue weighted by molar-refractivity contribution is 7.89. The van der Waals surface area contributed by atoms with Crippen molar-refractivity contribution in [1.29, 1.82) is 0 Å².